The summed E-state index contributed by atoms with van der Waals surface area (Å²) in [7, 11) is 0. The lowest BCUT2D eigenvalue weighted by Crippen LogP contribution is -2.47. The summed E-state index contributed by atoms with van der Waals surface area (Å²) in [6.07, 6.45) is 5.98. The van der Waals surface area contributed by atoms with E-state index in [4.69, 9.17) is 17.3 Å². The van der Waals surface area contributed by atoms with Gasteiger partial charge in [0.1, 0.15) is 0 Å². The molecule has 0 aliphatic carbocycles. The second kappa shape index (κ2) is 10.1. The van der Waals surface area contributed by atoms with Crippen molar-refractivity contribution in [3.63, 3.8) is 0 Å². The third-order valence-corrected chi connectivity index (χ3v) is 5.28. The zero-order chi connectivity index (χ0) is 19.0. The number of hydrogen-bond donors (Lipinski definition) is 3. The molecule has 0 spiro atoms. The first kappa shape index (κ1) is 20.9. The molecule has 0 amide bonds. The third-order valence-electron chi connectivity index (χ3n) is 4.93. The number of hydrogen-bond acceptors (Lipinski definition) is 3. The molecule has 0 unspecified atom stereocenters. The molecule has 3 nitrogen and oxygen atoms in total. The van der Waals surface area contributed by atoms with Gasteiger partial charge in [-0.05, 0) is 54.0 Å². The molecule has 0 bridgehead atoms. The van der Waals surface area contributed by atoms with Gasteiger partial charge in [0.05, 0.1) is 18.8 Å². The average molecular weight is 376 g/mol. The lowest BCUT2D eigenvalue weighted by molar-refractivity contribution is 0.115. The fraction of sp³-hybridized carbons (Fsp3) is 0.455. The summed E-state index contributed by atoms with van der Waals surface area (Å²) in [5.74, 6) is 0. The molecule has 0 aliphatic heterocycles. The molecule has 4 heteroatoms. The van der Waals surface area contributed by atoms with Gasteiger partial charge in [0.25, 0.3) is 0 Å². The van der Waals surface area contributed by atoms with Crippen molar-refractivity contribution in [1.82, 2.24) is 0 Å². The molecule has 0 saturated heterocycles. The van der Waals surface area contributed by atoms with E-state index in [1.807, 2.05) is 12.1 Å². The van der Waals surface area contributed by atoms with Crippen molar-refractivity contribution in [2.45, 2.75) is 51.0 Å². The van der Waals surface area contributed by atoms with E-state index in [-0.39, 0.29) is 13.2 Å². The Bertz CT molecular complexity index is 681. The average Bonchev–Trinajstić information content (AvgIpc) is 2.67. The van der Waals surface area contributed by atoms with Crippen molar-refractivity contribution in [1.29, 1.82) is 0 Å². The van der Waals surface area contributed by atoms with E-state index in [1.165, 1.54) is 24.8 Å². The molecule has 2 rings (SSSR count). The van der Waals surface area contributed by atoms with Crippen LogP contribution in [0.15, 0.2) is 42.5 Å². The molecule has 0 fully saturated rings. The minimum atomic E-state index is -0.963. The SMILES string of the molecule is CCCCCc1ccc(-c2ccc(CCC(N)(CO)CO)c(Cl)c2)cc1. The number of aryl methyl sites for hydroxylation is 2. The summed E-state index contributed by atoms with van der Waals surface area (Å²) in [6.45, 7) is 1.73. The summed E-state index contributed by atoms with van der Waals surface area (Å²) in [4.78, 5) is 0. The van der Waals surface area contributed by atoms with Crippen LogP contribution in [0.4, 0.5) is 0 Å². The second-order valence-corrected chi connectivity index (χ2v) is 7.55. The van der Waals surface area contributed by atoms with Crippen molar-refractivity contribution in [2.24, 2.45) is 5.73 Å². The number of rotatable bonds is 10. The second-order valence-electron chi connectivity index (χ2n) is 7.14. The van der Waals surface area contributed by atoms with Crippen LogP contribution in [-0.4, -0.2) is 29.0 Å². The van der Waals surface area contributed by atoms with Crippen molar-refractivity contribution in [3.05, 3.63) is 58.6 Å². The standard InChI is InChI=1S/C22H30ClNO2/c1-2-3-4-5-17-6-8-18(9-7-17)20-11-10-19(21(23)14-20)12-13-22(24,15-25)16-26/h6-11,14,25-26H,2-5,12-13,15-16,24H2,1H3. The van der Waals surface area contributed by atoms with Crippen LogP contribution in [0.2, 0.25) is 5.02 Å². The third kappa shape index (κ3) is 5.82. The van der Waals surface area contributed by atoms with Gasteiger partial charge < -0.3 is 15.9 Å². The summed E-state index contributed by atoms with van der Waals surface area (Å²) >= 11 is 6.44. The van der Waals surface area contributed by atoms with Crippen LogP contribution in [0, 0.1) is 0 Å². The zero-order valence-electron chi connectivity index (χ0n) is 15.5. The minimum absolute atomic E-state index is 0.246. The van der Waals surface area contributed by atoms with Crippen molar-refractivity contribution < 1.29 is 10.2 Å². The highest BCUT2D eigenvalue weighted by molar-refractivity contribution is 6.31. The van der Waals surface area contributed by atoms with Gasteiger partial charge in [0.15, 0.2) is 0 Å². The molecule has 0 saturated carbocycles. The Balaban J connectivity index is 2.04. The fourth-order valence-electron chi connectivity index (χ4n) is 2.96. The summed E-state index contributed by atoms with van der Waals surface area (Å²) in [5, 5.41) is 19.3. The van der Waals surface area contributed by atoms with Crippen molar-refractivity contribution >= 4 is 11.6 Å². The quantitative estimate of drug-likeness (QED) is 0.540. The van der Waals surface area contributed by atoms with Gasteiger partial charge in [-0.1, -0.05) is 67.8 Å². The Labute approximate surface area is 161 Å². The number of unbranched alkanes of at least 4 members (excludes halogenated alkanes) is 2. The van der Waals surface area contributed by atoms with Gasteiger partial charge in [-0.15, -0.1) is 0 Å². The maximum atomic E-state index is 9.30. The first-order valence-corrected chi connectivity index (χ1v) is 9.77. The Morgan fingerprint density at radius 2 is 1.58 bits per heavy atom. The number of aliphatic hydroxyl groups is 2. The van der Waals surface area contributed by atoms with Crippen LogP contribution in [0.1, 0.15) is 43.7 Å². The molecule has 0 radical (unpaired) electrons. The molecule has 142 valence electrons. The first-order chi connectivity index (χ1) is 12.5. The van der Waals surface area contributed by atoms with E-state index in [9.17, 15) is 10.2 Å². The predicted molar refractivity (Wildman–Crippen MR) is 110 cm³/mol. The van der Waals surface area contributed by atoms with Crippen LogP contribution >= 0.6 is 11.6 Å². The molecule has 26 heavy (non-hydrogen) atoms. The van der Waals surface area contributed by atoms with Gasteiger partial charge in [-0.25, -0.2) is 0 Å². The maximum Gasteiger partial charge on any atom is 0.0633 e. The van der Waals surface area contributed by atoms with E-state index in [0.717, 1.165) is 23.1 Å². The lowest BCUT2D eigenvalue weighted by atomic mass is 9.93. The highest BCUT2D eigenvalue weighted by Gasteiger charge is 2.23. The molecular weight excluding hydrogens is 346 g/mol. The topological polar surface area (TPSA) is 66.5 Å². The molecule has 0 atom stereocenters. The van der Waals surface area contributed by atoms with Gasteiger partial charge >= 0.3 is 0 Å². The molecule has 2 aromatic rings. The van der Waals surface area contributed by atoms with Gasteiger partial charge in [0.2, 0.25) is 0 Å². The van der Waals surface area contributed by atoms with E-state index in [2.05, 4.69) is 37.3 Å². The first-order valence-electron chi connectivity index (χ1n) is 9.39. The van der Waals surface area contributed by atoms with E-state index >= 15 is 0 Å². The molecule has 0 heterocycles. The maximum absolute atomic E-state index is 9.30. The van der Waals surface area contributed by atoms with Crippen LogP contribution in [0.3, 0.4) is 0 Å². The number of halogens is 1. The van der Waals surface area contributed by atoms with Gasteiger partial charge in [0, 0.05) is 5.02 Å². The van der Waals surface area contributed by atoms with Crippen LogP contribution in [0.25, 0.3) is 11.1 Å². The van der Waals surface area contributed by atoms with Crippen molar-refractivity contribution in [2.75, 3.05) is 13.2 Å². The van der Waals surface area contributed by atoms with Gasteiger partial charge in [-0.2, -0.15) is 0 Å². The minimum Gasteiger partial charge on any atom is -0.394 e. The Morgan fingerprint density at radius 3 is 2.15 bits per heavy atom. The largest absolute Gasteiger partial charge is 0.394 e. The van der Waals surface area contributed by atoms with Crippen LogP contribution < -0.4 is 5.73 Å². The van der Waals surface area contributed by atoms with Gasteiger partial charge in [-0.3, -0.25) is 0 Å². The summed E-state index contributed by atoms with van der Waals surface area (Å²) < 4.78 is 0. The molecule has 2 aromatic carbocycles. The monoisotopic (exact) mass is 375 g/mol. The summed E-state index contributed by atoms with van der Waals surface area (Å²) in [5.41, 5.74) is 9.55. The summed E-state index contributed by atoms with van der Waals surface area (Å²) in [6, 6.07) is 14.7. The smallest absolute Gasteiger partial charge is 0.0633 e. The normalized spacial score (nSPS) is 11.7. The Hall–Kier alpha value is -1.39. The molecule has 0 aromatic heterocycles. The molecule has 4 N–H and O–H groups in total. The molecular formula is C22H30ClNO2. The predicted octanol–water partition coefficient (Wildman–Crippen LogP) is 4.35. The lowest BCUT2D eigenvalue weighted by Gasteiger charge is -2.24. The number of aliphatic hydroxyl groups excluding tert-OH is 2. The van der Waals surface area contributed by atoms with Crippen LogP contribution in [-0.2, 0) is 12.8 Å². The Kier molecular flexibility index (Phi) is 8.11. The molecule has 0 aliphatic rings. The zero-order valence-corrected chi connectivity index (χ0v) is 16.3. The van der Waals surface area contributed by atoms with Crippen LogP contribution in [0.5, 0.6) is 0 Å². The van der Waals surface area contributed by atoms with E-state index in [1.54, 1.807) is 0 Å². The van der Waals surface area contributed by atoms with E-state index < -0.39 is 5.54 Å². The van der Waals surface area contributed by atoms with E-state index in [0.29, 0.717) is 17.9 Å². The number of benzene rings is 2. The van der Waals surface area contributed by atoms with Crippen molar-refractivity contribution in [3.8, 4) is 11.1 Å². The Morgan fingerprint density at radius 1 is 0.923 bits per heavy atom. The fourth-order valence-corrected chi connectivity index (χ4v) is 3.24. The highest BCUT2D eigenvalue weighted by Crippen LogP contribution is 2.27. The highest BCUT2D eigenvalue weighted by atomic mass is 35.5. The number of nitrogens with two attached hydrogens (primary N) is 1.